The molecule has 10 aromatic rings. The first-order chi connectivity index (χ1) is 31.6. The fourth-order valence-corrected chi connectivity index (χ4v) is 7.08. The van der Waals surface area contributed by atoms with Gasteiger partial charge in [0.25, 0.3) is 0 Å². The van der Waals surface area contributed by atoms with E-state index in [1.54, 1.807) is 19.2 Å². The first kappa shape index (κ1) is 51.1. The normalized spacial score (nSPS) is 9.89. The Kier molecular flexibility index (Phi) is 23.7. The number of unbranched alkanes of at least 4 members (excludes halogenated alkanes) is 2. The van der Waals surface area contributed by atoms with Crippen LogP contribution in [0.5, 0.6) is 0 Å². The SMILES string of the molecule is CCc1cc2c(-c3cccc4ccccc34)cccc2[cH-]1.CCc1cc2c(-c3cccc4ccccc34)cccc2[cH-]1.[CH2-]CCC.[CH2-]CCC.[Si]=[Ti].[c-]1ccccc1.[c-]1ccccc1. The van der Waals surface area contributed by atoms with Gasteiger partial charge in [0.1, 0.15) is 0 Å². The largest absolute Gasteiger partial charge is 0.184 e. The van der Waals surface area contributed by atoms with Gasteiger partial charge in [-0.2, -0.15) is 97.8 Å². The van der Waals surface area contributed by atoms with Crippen molar-refractivity contribution in [1.82, 2.24) is 0 Å². The van der Waals surface area contributed by atoms with Crippen LogP contribution in [0.4, 0.5) is 0 Å². The topological polar surface area (TPSA) is 0 Å². The predicted molar refractivity (Wildman–Crippen MR) is 281 cm³/mol. The molecule has 0 aliphatic heterocycles. The van der Waals surface area contributed by atoms with Gasteiger partial charge in [-0.1, -0.05) is 149 Å². The molecule has 0 saturated carbocycles. The number of hydrogen-bond donors (Lipinski definition) is 0. The number of rotatable bonds is 6. The van der Waals surface area contributed by atoms with E-state index in [0.717, 1.165) is 25.7 Å². The van der Waals surface area contributed by atoms with E-state index in [1.807, 2.05) is 60.7 Å². The minimum absolute atomic E-state index is 1.07. The van der Waals surface area contributed by atoms with Crippen LogP contribution < -0.4 is 0 Å². The number of aryl methyl sites for hydroxylation is 2. The van der Waals surface area contributed by atoms with E-state index in [9.17, 15) is 0 Å². The van der Waals surface area contributed by atoms with Gasteiger partial charge in [-0.25, -0.2) is 0 Å². The molecule has 2 heteroatoms. The molecule has 0 bridgehead atoms. The number of benzene rings is 8. The smallest absolute Gasteiger partial charge is 0.171 e. The van der Waals surface area contributed by atoms with Gasteiger partial charge in [0.2, 0.25) is 0 Å². The molecule has 10 rings (SSSR count). The van der Waals surface area contributed by atoms with Gasteiger partial charge in [0, 0.05) is 0 Å². The maximum Gasteiger partial charge on any atom is -0.171 e. The zero-order valence-electron chi connectivity index (χ0n) is 38.3. The summed E-state index contributed by atoms with van der Waals surface area (Å²) in [6, 6.07) is 77.9. The summed E-state index contributed by atoms with van der Waals surface area (Å²) in [5.74, 6) is 0. The zero-order chi connectivity index (χ0) is 45.8. The van der Waals surface area contributed by atoms with Gasteiger partial charge in [-0.3, -0.25) is 0 Å². The van der Waals surface area contributed by atoms with Crippen molar-refractivity contribution in [2.75, 3.05) is 0 Å². The van der Waals surface area contributed by atoms with E-state index >= 15 is 0 Å². The molecule has 0 N–H and O–H groups in total. The number of fused-ring (bicyclic) bond motifs is 4. The van der Waals surface area contributed by atoms with Crippen LogP contribution in [0.3, 0.4) is 0 Å². The molecule has 2 radical (unpaired) electrons. The summed E-state index contributed by atoms with van der Waals surface area (Å²) in [6.07, 6.45) is 6.73. The fraction of sp³-hybridized carbons (Fsp3) is 0.161. The van der Waals surface area contributed by atoms with Gasteiger partial charge in [-0.15, -0.1) is 69.1 Å². The van der Waals surface area contributed by atoms with Crippen molar-refractivity contribution in [2.24, 2.45) is 0 Å². The Labute approximate surface area is 399 Å². The van der Waals surface area contributed by atoms with Crippen LogP contribution in [-0.2, 0) is 32.0 Å². The van der Waals surface area contributed by atoms with Crippen molar-refractivity contribution < 1.29 is 19.2 Å². The van der Waals surface area contributed by atoms with Crippen LogP contribution in [-0.4, -0.2) is 7.63 Å². The Hall–Kier alpha value is -5.57. The van der Waals surface area contributed by atoms with Crippen LogP contribution in [0.15, 0.2) is 206 Å². The second-order valence-corrected chi connectivity index (χ2v) is 15.0. The molecule has 0 heterocycles. The summed E-state index contributed by atoms with van der Waals surface area (Å²) in [6.45, 7) is 15.9. The first-order valence-corrected chi connectivity index (χ1v) is 25.4. The summed E-state index contributed by atoms with van der Waals surface area (Å²) in [5, 5.41) is 10.7. The second kappa shape index (κ2) is 29.7. The Morgan fingerprint density at radius 3 is 1.02 bits per heavy atom. The van der Waals surface area contributed by atoms with E-state index in [0.29, 0.717) is 0 Å². The molecule has 10 aromatic carbocycles. The van der Waals surface area contributed by atoms with E-state index < -0.39 is 0 Å². The molecule has 0 aromatic heterocycles. The first-order valence-electron chi connectivity index (χ1n) is 22.5. The molecule has 0 saturated heterocycles. The van der Waals surface area contributed by atoms with Crippen LogP contribution in [0.1, 0.15) is 64.5 Å². The van der Waals surface area contributed by atoms with Crippen molar-refractivity contribution in [3.05, 3.63) is 243 Å². The van der Waals surface area contributed by atoms with Crippen molar-refractivity contribution in [3.63, 3.8) is 0 Å². The Morgan fingerprint density at radius 1 is 0.406 bits per heavy atom. The van der Waals surface area contributed by atoms with E-state index in [2.05, 4.69) is 207 Å². The third-order valence-electron chi connectivity index (χ3n) is 10.5. The predicted octanol–water partition coefficient (Wildman–Crippen LogP) is 17.7. The maximum atomic E-state index is 3.60. The molecular formula is C62H62SiTi-6. The van der Waals surface area contributed by atoms with Gasteiger partial charge >= 0.3 is 26.8 Å². The van der Waals surface area contributed by atoms with Gasteiger partial charge in [-0.05, 0) is 45.5 Å². The average molecular weight is 883 g/mol. The van der Waals surface area contributed by atoms with Crippen LogP contribution >= 0.6 is 0 Å². The van der Waals surface area contributed by atoms with Gasteiger partial charge < -0.3 is 13.8 Å². The Morgan fingerprint density at radius 2 is 0.719 bits per heavy atom. The average Bonchev–Trinajstić information content (AvgIpc) is 4.03. The molecule has 0 amide bonds. The zero-order valence-corrected chi connectivity index (χ0v) is 40.8. The molecule has 0 atom stereocenters. The molecule has 0 aliphatic rings. The minimum Gasteiger partial charge on any atom is -0.184 e. The van der Waals surface area contributed by atoms with Gasteiger partial charge in [0.05, 0.1) is 0 Å². The van der Waals surface area contributed by atoms with Crippen molar-refractivity contribution >= 4 is 50.7 Å². The molecule has 0 unspecified atom stereocenters. The van der Waals surface area contributed by atoms with Crippen molar-refractivity contribution in [1.29, 1.82) is 0 Å². The van der Waals surface area contributed by atoms with E-state index in [-0.39, 0.29) is 0 Å². The molecule has 0 aliphatic carbocycles. The van der Waals surface area contributed by atoms with Crippen molar-refractivity contribution in [2.45, 2.75) is 66.2 Å². The fourth-order valence-electron chi connectivity index (χ4n) is 7.08. The van der Waals surface area contributed by atoms with Crippen LogP contribution in [0.2, 0.25) is 0 Å². The third-order valence-corrected chi connectivity index (χ3v) is 10.5. The quantitative estimate of drug-likeness (QED) is 0.115. The summed E-state index contributed by atoms with van der Waals surface area (Å²) in [5.41, 5.74) is 8.15. The second-order valence-electron chi connectivity index (χ2n) is 15.0. The third kappa shape index (κ3) is 15.3. The summed E-state index contributed by atoms with van der Waals surface area (Å²) in [4.78, 5) is 0. The van der Waals surface area contributed by atoms with Crippen LogP contribution in [0.25, 0.3) is 65.3 Å². The molecule has 0 nitrogen and oxygen atoms in total. The number of hydrogen-bond acceptors (Lipinski definition) is 0. The summed E-state index contributed by atoms with van der Waals surface area (Å²) in [7, 11) is 2.97. The van der Waals surface area contributed by atoms with Gasteiger partial charge in [0.15, 0.2) is 0 Å². The molecule has 0 fully saturated rings. The molecule has 324 valence electrons. The van der Waals surface area contributed by atoms with E-state index in [1.165, 1.54) is 89.3 Å². The molecule has 0 spiro atoms. The van der Waals surface area contributed by atoms with Crippen molar-refractivity contribution in [3.8, 4) is 22.3 Å². The maximum absolute atomic E-state index is 3.60. The Balaban J connectivity index is 0.000000193. The monoisotopic (exact) mass is 882 g/mol. The molecule has 64 heavy (non-hydrogen) atoms. The standard InChI is InChI=1S/2C21H17.2C6H5.2C4H9.Si.Ti/c2*1-2-15-13-17-9-6-12-20(21(17)14-15)19-11-5-8-16-7-3-4-10-18(16)19;2*1-2-4-6-5-3-1;2*1-3-4-2;;/h2*3-14H,2H2,1H3;2*1-5H;2*1,3-4H2,2H3;;/q6*-1;;. The Bertz CT molecular complexity index is 2510. The minimum atomic E-state index is 1.07. The van der Waals surface area contributed by atoms with E-state index in [4.69, 9.17) is 0 Å². The van der Waals surface area contributed by atoms with Crippen LogP contribution in [0, 0.1) is 26.0 Å². The summed E-state index contributed by atoms with van der Waals surface area (Å²) >= 11 is 1.81. The summed E-state index contributed by atoms with van der Waals surface area (Å²) < 4.78 is 0. The molecular weight excluding hydrogens is 821 g/mol.